The molecule has 1 fully saturated rings. The second kappa shape index (κ2) is 3.31. The van der Waals surface area contributed by atoms with Crippen molar-refractivity contribution in [1.29, 1.82) is 5.26 Å². The van der Waals surface area contributed by atoms with E-state index < -0.39 is 11.5 Å². The molecule has 0 saturated heterocycles. The highest BCUT2D eigenvalue weighted by Gasteiger charge is 2.49. The Balaban J connectivity index is 2.77. The van der Waals surface area contributed by atoms with Gasteiger partial charge in [-0.25, -0.2) is 0 Å². The lowest BCUT2D eigenvalue weighted by atomic mass is 9.59. The molecule has 74 valence electrons. The molecule has 1 aliphatic rings. The molecule has 1 rings (SSSR count). The molecule has 0 amide bonds. The zero-order chi connectivity index (χ0) is 10.1. The normalized spacial score (nSPS) is 23.0. The van der Waals surface area contributed by atoms with Gasteiger partial charge in [-0.1, -0.05) is 27.2 Å². The van der Waals surface area contributed by atoms with E-state index in [4.69, 9.17) is 5.26 Å². The third-order valence-electron chi connectivity index (χ3n) is 3.64. The number of hydrogen-bond acceptors (Lipinski definition) is 2. The largest absolute Gasteiger partial charge is 0.391 e. The molecule has 0 aliphatic heterocycles. The minimum atomic E-state index is -0.469. The van der Waals surface area contributed by atoms with E-state index in [0.717, 1.165) is 25.7 Å². The van der Waals surface area contributed by atoms with Crippen LogP contribution in [0.3, 0.4) is 0 Å². The van der Waals surface area contributed by atoms with Gasteiger partial charge in [0.1, 0.15) is 0 Å². The molecule has 13 heavy (non-hydrogen) atoms. The molecule has 0 aromatic carbocycles. The average molecular weight is 181 g/mol. The summed E-state index contributed by atoms with van der Waals surface area (Å²) in [7, 11) is 0. The van der Waals surface area contributed by atoms with Crippen molar-refractivity contribution in [3.63, 3.8) is 0 Å². The molecule has 0 heterocycles. The molecule has 0 aromatic rings. The summed E-state index contributed by atoms with van der Waals surface area (Å²) in [5.41, 5.74) is -0.560. The van der Waals surface area contributed by atoms with E-state index in [2.05, 4.69) is 13.0 Å². The molecule has 0 bridgehead atoms. The molecule has 0 aromatic heterocycles. The third-order valence-corrected chi connectivity index (χ3v) is 3.64. The molecule has 0 radical (unpaired) electrons. The summed E-state index contributed by atoms with van der Waals surface area (Å²) >= 11 is 0. The van der Waals surface area contributed by atoms with Crippen LogP contribution in [-0.4, -0.2) is 11.2 Å². The number of aliphatic hydroxyl groups excluding tert-OH is 1. The predicted molar refractivity (Wildman–Crippen MR) is 52.0 cm³/mol. The summed E-state index contributed by atoms with van der Waals surface area (Å²) in [4.78, 5) is 0. The van der Waals surface area contributed by atoms with E-state index in [1.807, 2.05) is 13.8 Å². The topological polar surface area (TPSA) is 44.0 Å². The first-order chi connectivity index (χ1) is 5.98. The van der Waals surface area contributed by atoms with E-state index in [-0.39, 0.29) is 5.41 Å². The van der Waals surface area contributed by atoms with Gasteiger partial charge in [0.25, 0.3) is 0 Å². The van der Waals surface area contributed by atoms with E-state index in [1.165, 1.54) is 0 Å². The van der Waals surface area contributed by atoms with Crippen molar-refractivity contribution < 1.29 is 5.11 Å². The van der Waals surface area contributed by atoms with Crippen LogP contribution in [0, 0.1) is 22.2 Å². The lowest BCUT2D eigenvalue weighted by molar-refractivity contribution is -0.0680. The van der Waals surface area contributed by atoms with Gasteiger partial charge in [-0.05, 0) is 24.7 Å². The van der Waals surface area contributed by atoms with Crippen molar-refractivity contribution in [2.75, 3.05) is 0 Å². The van der Waals surface area contributed by atoms with Gasteiger partial charge >= 0.3 is 0 Å². The fraction of sp³-hybridized carbons (Fsp3) is 0.909. The van der Waals surface area contributed by atoms with Crippen LogP contribution in [0.5, 0.6) is 0 Å². The zero-order valence-electron chi connectivity index (χ0n) is 8.80. The Kier molecular flexibility index (Phi) is 2.68. The third kappa shape index (κ3) is 1.58. The fourth-order valence-corrected chi connectivity index (χ4v) is 1.95. The first-order valence-electron chi connectivity index (χ1n) is 5.08. The number of rotatable bonds is 3. The van der Waals surface area contributed by atoms with Crippen LogP contribution in [0.4, 0.5) is 0 Å². The van der Waals surface area contributed by atoms with Gasteiger partial charge in [0.05, 0.1) is 17.6 Å². The summed E-state index contributed by atoms with van der Waals surface area (Å²) in [5.74, 6) is 0. The van der Waals surface area contributed by atoms with Gasteiger partial charge < -0.3 is 5.11 Å². The van der Waals surface area contributed by atoms with Crippen molar-refractivity contribution >= 4 is 0 Å². The van der Waals surface area contributed by atoms with Crippen molar-refractivity contribution in [2.45, 2.75) is 52.6 Å². The van der Waals surface area contributed by atoms with Crippen LogP contribution in [0.2, 0.25) is 0 Å². The van der Waals surface area contributed by atoms with Crippen LogP contribution >= 0.6 is 0 Å². The lowest BCUT2D eigenvalue weighted by Crippen LogP contribution is -2.48. The monoisotopic (exact) mass is 181 g/mol. The smallest absolute Gasteiger partial charge is 0.0837 e. The van der Waals surface area contributed by atoms with Gasteiger partial charge in [0, 0.05) is 0 Å². The maximum absolute atomic E-state index is 10.1. The highest BCUT2D eigenvalue weighted by atomic mass is 16.3. The molecule has 0 spiro atoms. The number of hydrogen-bond donors (Lipinski definition) is 1. The second-order valence-electron chi connectivity index (χ2n) is 4.87. The second-order valence-corrected chi connectivity index (χ2v) is 4.87. The fourth-order valence-electron chi connectivity index (χ4n) is 1.95. The Hall–Kier alpha value is -0.550. The van der Waals surface area contributed by atoms with Crippen molar-refractivity contribution in [1.82, 2.24) is 0 Å². The predicted octanol–water partition coefficient (Wildman–Crippen LogP) is 2.48. The van der Waals surface area contributed by atoms with E-state index >= 15 is 0 Å². The molecule has 1 unspecified atom stereocenters. The first-order valence-corrected chi connectivity index (χ1v) is 5.08. The van der Waals surface area contributed by atoms with Crippen molar-refractivity contribution in [3.8, 4) is 6.07 Å². The van der Waals surface area contributed by atoms with Gasteiger partial charge in [0.2, 0.25) is 0 Å². The van der Waals surface area contributed by atoms with Crippen LogP contribution in [0.25, 0.3) is 0 Å². The Labute approximate surface area is 80.6 Å². The Bertz CT molecular complexity index is 223. The molecule has 1 N–H and O–H groups in total. The van der Waals surface area contributed by atoms with Crippen LogP contribution in [0.1, 0.15) is 46.5 Å². The quantitative estimate of drug-likeness (QED) is 0.727. The average Bonchev–Trinajstić information content (AvgIpc) is 2.03. The summed E-state index contributed by atoms with van der Waals surface area (Å²) in [6.07, 6.45) is 3.27. The van der Waals surface area contributed by atoms with E-state index in [0.29, 0.717) is 0 Å². The minimum Gasteiger partial charge on any atom is -0.391 e. The SMILES string of the molecule is CCC(C)(C)C(O)C1(C#N)CCC1. The molecule has 1 atom stereocenters. The molecule has 1 saturated carbocycles. The summed E-state index contributed by atoms with van der Waals surface area (Å²) in [5, 5.41) is 19.2. The first kappa shape index (κ1) is 10.5. The highest BCUT2D eigenvalue weighted by molar-refractivity contribution is 5.11. The molecule has 2 nitrogen and oxygen atoms in total. The standard InChI is InChI=1S/C11H19NO/c1-4-10(2,3)9(13)11(8-12)6-5-7-11/h9,13H,4-7H2,1-3H3. The number of nitrogens with zero attached hydrogens (tertiary/aromatic N) is 1. The summed E-state index contributed by atoms with van der Waals surface area (Å²) < 4.78 is 0. The number of nitriles is 1. The highest BCUT2D eigenvalue weighted by Crippen LogP contribution is 2.49. The van der Waals surface area contributed by atoms with Gasteiger partial charge in [-0.2, -0.15) is 5.26 Å². The molecular weight excluding hydrogens is 162 g/mol. The Morgan fingerprint density at radius 2 is 2.08 bits per heavy atom. The zero-order valence-corrected chi connectivity index (χ0v) is 8.80. The maximum atomic E-state index is 10.1. The van der Waals surface area contributed by atoms with E-state index in [9.17, 15) is 5.11 Å². The lowest BCUT2D eigenvalue weighted by Gasteiger charge is -2.46. The van der Waals surface area contributed by atoms with Gasteiger partial charge in [0.15, 0.2) is 0 Å². The van der Waals surface area contributed by atoms with Gasteiger partial charge in [-0.3, -0.25) is 0 Å². The Morgan fingerprint density at radius 3 is 2.31 bits per heavy atom. The van der Waals surface area contributed by atoms with Gasteiger partial charge in [-0.15, -0.1) is 0 Å². The van der Waals surface area contributed by atoms with Crippen LogP contribution < -0.4 is 0 Å². The molecule has 1 aliphatic carbocycles. The van der Waals surface area contributed by atoms with E-state index in [1.54, 1.807) is 0 Å². The van der Waals surface area contributed by atoms with Crippen LogP contribution in [0.15, 0.2) is 0 Å². The minimum absolute atomic E-state index is 0.129. The molecule has 2 heteroatoms. The Morgan fingerprint density at radius 1 is 1.54 bits per heavy atom. The summed E-state index contributed by atoms with van der Waals surface area (Å²) in [6.45, 7) is 6.14. The molecular formula is C11H19NO. The number of aliphatic hydroxyl groups is 1. The van der Waals surface area contributed by atoms with Crippen molar-refractivity contribution in [3.05, 3.63) is 0 Å². The maximum Gasteiger partial charge on any atom is 0.0837 e. The van der Waals surface area contributed by atoms with Crippen LogP contribution in [-0.2, 0) is 0 Å². The van der Waals surface area contributed by atoms with Crippen molar-refractivity contribution in [2.24, 2.45) is 10.8 Å². The summed E-state index contributed by atoms with van der Waals surface area (Å²) in [6, 6.07) is 2.31.